The van der Waals surface area contributed by atoms with E-state index >= 15 is 0 Å². The first-order chi connectivity index (χ1) is 8.08. The summed E-state index contributed by atoms with van der Waals surface area (Å²) in [5, 5.41) is 15.4. The third-order valence-electron chi connectivity index (χ3n) is 2.85. The Hall–Kier alpha value is -1.28. The zero-order chi connectivity index (χ0) is 14.0. The van der Waals surface area contributed by atoms with E-state index in [1.165, 1.54) is 0 Å². The van der Waals surface area contributed by atoms with Crippen LogP contribution < -0.4 is 10.6 Å². The molecule has 0 aromatic rings. The van der Waals surface area contributed by atoms with Crippen LogP contribution in [-0.2, 0) is 4.74 Å². The maximum atomic E-state index is 11.8. The van der Waals surface area contributed by atoms with E-state index in [-0.39, 0.29) is 5.54 Å². The third kappa shape index (κ3) is 4.19. The molecular weight excluding hydrogens is 230 g/mol. The smallest absolute Gasteiger partial charge is 0.408 e. The van der Waals surface area contributed by atoms with Gasteiger partial charge in [0, 0.05) is 12.0 Å². The number of carbonyl (C=O) groups is 1. The molecule has 0 aromatic heterocycles. The van der Waals surface area contributed by atoms with Gasteiger partial charge in [0.1, 0.15) is 11.1 Å². The van der Waals surface area contributed by atoms with Gasteiger partial charge in [0.05, 0.1) is 6.07 Å². The number of rotatable bonds is 1. The summed E-state index contributed by atoms with van der Waals surface area (Å²) in [5.74, 6) is 0. The number of hydrogen-bond acceptors (Lipinski definition) is 4. The Labute approximate surface area is 109 Å². The molecule has 0 bridgehead atoms. The van der Waals surface area contributed by atoms with Gasteiger partial charge in [-0.15, -0.1) is 0 Å². The van der Waals surface area contributed by atoms with Crippen molar-refractivity contribution < 1.29 is 9.53 Å². The number of amides is 1. The first-order valence-electron chi connectivity index (χ1n) is 6.25. The summed E-state index contributed by atoms with van der Waals surface area (Å²) >= 11 is 0. The van der Waals surface area contributed by atoms with Gasteiger partial charge in [-0.25, -0.2) is 4.79 Å². The zero-order valence-corrected chi connectivity index (χ0v) is 11.9. The van der Waals surface area contributed by atoms with Crippen LogP contribution in [0, 0.1) is 11.3 Å². The average Bonchev–Trinajstić information content (AvgIpc) is 2.12. The molecule has 0 spiro atoms. The van der Waals surface area contributed by atoms with Crippen LogP contribution in [0.4, 0.5) is 4.79 Å². The minimum atomic E-state index is -0.836. The molecule has 2 N–H and O–H groups in total. The highest BCUT2D eigenvalue weighted by molar-refractivity contribution is 5.69. The Morgan fingerprint density at radius 2 is 2.06 bits per heavy atom. The van der Waals surface area contributed by atoms with Crippen LogP contribution in [0.25, 0.3) is 0 Å². The number of nitrogens with one attached hydrogen (secondary N) is 2. The minimum absolute atomic E-state index is 0.164. The van der Waals surface area contributed by atoms with Crippen molar-refractivity contribution in [1.29, 1.82) is 5.26 Å². The molecule has 1 rings (SSSR count). The standard InChI is InChI=1S/C13H23N3O2/c1-11(2,3)18-10(17)16-13(9-14)6-7-15-12(4,5)8-13/h15H,6-8H2,1-5H3,(H,16,17). The largest absolute Gasteiger partial charge is 0.444 e. The lowest BCUT2D eigenvalue weighted by atomic mass is 9.79. The monoisotopic (exact) mass is 253 g/mol. The number of piperidine rings is 1. The van der Waals surface area contributed by atoms with Crippen LogP contribution in [0.15, 0.2) is 0 Å². The Morgan fingerprint density at radius 3 is 2.50 bits per heavy atom. The van der Waals surface area contributed by atoms with Gasteiger partial charge in [-0.1, -0.05) is 0 Å². The van der Waals surface area contributed by atoms with E-state index in [9.17, 15) is 10.1 Å². The van der Waals surface area contributed by atoms with Crippen molar-refractivity contribution >= 4 is 6.09 Å². The van der Waals surface area contributed by atoms with Crippen molar-refractivity contribution in [3.8, 4) is 6.07 Å². The molecule has 1 fully saturated rings. The van der Waals surface area contributed by atoms with Crippen LogP contribution in [0.2, 0.25) is 0 Å². The van der Waals surface area contributed by atoms with Crippen molar-refractivity contribution in [1.82, 2.24) is 10.6 Å². The molecule has 102 valence electrons. The van der Waals surface area contributed by atoms with Crippen molar-refractivity contribution in [3.63, 3.8) is 0 Å². The van der Waals surface area contributed by atoms with Gasteiger partial charge in [-0.2, -0.15) is 5.26 Å². The summed E-state index contributed by atoms with van der Waals surface area (Å²) < 4.78 is 5.21. The van der Waals surface area contributed by atoms with Gasteiger partial charge >= 0.3 is 6.09 Å². The summed E-state index contributed by atoms with van der Waals surface area (Å²) in [6.07, 6.45) is 0.629. The molecule has 5 heteroatoms. The van der Waals surface area contributed by atoms with Crippen LogP contribution in [0.5, 0.6) is 0 Å². The highest BCUT2D eigenvalue weighted by atomic mass is 16.6. The second-order valence-electron chi connectivity index (χ2n) is 6.56. The van der Waals surface area contributed by atoms with Gasteiger partial charge in [0.25, 0.3) is 0 Å². The molecule has 5 nitrogen and oxygen atoms in total. The van der Waals surface area contributed by atoms with E-state index in [2.05, 4.69) is 16.7 Å². The maximum Gasteiger partial charge on any atom is 0.408 e. The molecule has 1 aliphatic rings. The summed E-state index contributed by atoms with van der Waals surface area (Å²) in [6, 6.07) is 2.24. The maximum absolute atomic E-state index is 11.8. The van der Waals surface area contributed by atoms with Crippen molar-refractivity contribution in [2.45, 2.75) is 64.1 Å². The van der Waals surface area contributed by atoms with Gasteiger partial charge in [0.15, 0.2) is 0 Å². The van der Waals surface area contributed by atoms with E-state index in [4.69, 9.17) is 4.74 Å². The lowest BCUT2D eigenvalue weighted by molar-refractivity contribution is 0.0442. The highest BCUT2D eigenvalue weighted by Crippen LogP contribution is 2.27. The average molecular weight is 253 g/mol. The fraction of sp³-hybridized carbons (Fsp3) is 0.846. The van der Waals surface area contributed by atoms with Crippen LogP contribution in [-0.4, -0.2) is 29.3 Å². The van der Waals surface area contributed by atoms with Crippen LogP contribution >= 0.6 is 0 Å². The molecule has 0 radical (unpaired) electrons. The van der Waals surface area contributed by atoms with Crippen molar-refractivity contribution in [2.24, 2.45) is 0 Å². The number of hydrogen-bond donors (Lipinski definition) is 2. The third-order valence-corrected chi connectivity index (χ3v) is 2.85. The molecule has 18 heavy (non-hydrogen) atoms. The normalized spacial score (nSPS) is 27.1. The minimum Gasteiger partial charge on any atom is -0.444 e. The Bertz CT molecular complexity index is 365. The van der Waals surface area contributed by atoms with E-state index in [0.717, 1.165) is 0 Å². The van der Waals surface area contributed by atoms with Crippen LogP contribution in [0.3, 0.4) is 0 Å². The second-order valence-corrected chi connectivity index (χ2v) is 6.56. The molecule has 1 saturated heterocycles. The molecule has 0 aliphatic carbocycles. The van der Waals surface area contributed by atoms with E-state index in [1.807, 2.05) is 13.8 Å². The molecule has 1 amide bonds. The van der Waals surface area contributed by atoms with Crippen LogP contribution in [0.1, 0.15) is 47.5 Å². The Balaban J connectivity index is 2.73. The molecule has 1 heterocycles. The Kier molecular flexibility index (Phi) is 3.92. The van der Waals surface area contributed by atoms with E-state index < -0.39 is 17.2 Å². The number of nitrogens with zero attached hydrogens (tertiary/aromatic N) is 1. The first-order valence-corrected chi connectivity index (χ1v) is 6.25. The predicted octanol–water partition coefficient (Wildman–Crippen LogP) is 1.94. The van der Waals surface area contributed by atoms with Gasteiger partial charge in [-0.05, 0) is 47.6 Å². The number of ether oxygens (including phenoxy) is 1. The quantitative estimate of drug-likeness (QED) is 0.749. The number of nitriles is 1. The lowest BCUT2D eigenvalue weighted by Crippen LogP contribution is -2.61. The van der Waals surface area contributed by atoms with E-state index in [0.29, 0.717) is 19.4 Å². The summed E-state index contributed by atoms with van der Waals surface area (Å²) in [7, 11) is 0. The summed E-state index contributed by atoms with van der Waals surface area (Å²) in [6.45, 7) is 10.2. The highest BCUT2D eigenvalue weighted by Gasteiger charge is 2.42. The van der Waals surface area contributed by atoms with Gasteiger partial charge in [0.2, 0.25) is 0 Å². The van der Waals surface area contributed by atoms with Gasteiger partial charge in [-0.3, -0.25) is 0 Å². The molecule has 1 aliphatic heterocycles. The van der Waals surface area contributed by atoms with Crippen molar-refractivity contribution in [3.05, 3.63) is 0 Å². The molecule has 1 atom stereocenters. The molecular formula is C13H23N3O2. The zero-order valence-electron chi connectivity index (χ0n) is 11.9. The molecule has 0 saturated carbocycles. The lowest BCUT2D eigenvalue weighted by Gasteiger charge is -2.41. The summed E-state index contributed by atoms with van der Waals surface area (Å²) in [4.78, 5) is 11.8. The first kappa shape index (κ1) is 14.8. The topological polar surface area (TPSA) is 74.2 Å². The Morgan fingerprint density at radius 1 is 1.44 bits per heavy atom. The fourth-order valence-corrected chi connectivity index (χ4v) is 2.25. The summed E-state index contributed by atoms with van der Waals surface area (Å²) in [5.41, 5.74) is -1.55. The molecule has 1 unspecified atom stereocenters. The van der Waals surface area contributed by atoms with E-state index in [1.54, 1.807) is 20.8 Å². The predicted molar refractivity (Wildman–Crippen MR) is 69.0 cm³/mol. The number of carbonyl (C=O) groups excluding carboxylic acids is 1. The molecule has 0 aromatic carbocycles. The SMILES string of the molecule is CC1(C)CC(C#N)(NC(=O)OC(C)(C)C)CCN1. The number of alkyl carbamates (subject to hydrolysis) is 1. The second kappa shape index (κ2) is 4.77. The fourth-order valence-electron chi connectivity index (χ4n) is 2.25. The van der Waals surface area contributed by atoms with Crippen molar-refractivity contribution in [2.75, 3.05) is 6.54 Å². The van der Waals surface area contributed by atoms with Gasteiger partial charge < -0.3 is 15.4 Å².